The zero-order chi connectivity index (χ0) is 19.2. The third-order valence-electron chi connectivity index (χ3n) is 3.97. The molecule has 0 aliphatic carbocycles. The summed E-state index contributed by atoms with van der Waals surface area (Å²) in [5, 5.41) is 15.0. The van der Waals surface area contributed by atoms with E-state index in [9.17, 15) is 9.59 Å². The van der Waals surface area contributed by atoms with Crippen molar-refractivity contribution in [1.29, 1.82) is 5.26 Å². The molecule has 0 fully saturated rings. The van der Waals surface area contributed by atoms with Gasteiger partial charge in [-0.2, -0.15) is 5.26 Å². The molecule has 0 heterocycles. The van der Waals surface area contributed by atoms with Crippen LogP contribution in [0.1, 0.15) is 25.0 Å². The molecule has 2 aromatic carbocycles. The lowest BCUT2D eigenvalue weighted by Gasteiger charge is -2.22. The van der Waals surface area contributed by atoms with Gasteiger partial charge in [-0.1, -0.05) is 29.8 Å². The lowest BCUT2D eigenvalue weighted by molar-refractivity contribution is -0.138. The van der Waals surface area contributed by atoms with Crippen LogP contribution in [-0.4, -0.2) is 18.4 Å². The van der Waals surface area contributed by atoms with Crippen molar-refractivity contribution in [2.24, 2.45) is 5.41 Å². The Morgan fingerprint density at radius 3 is 2.54 bits per heavy atom. The fourth-order valence-corrected chi connectivity index (χ4v) is 2.50. The molecule has 26 heavy (non-hydrogen) atoms. The summed E-state index contributed by atoms with van der Waals surface area (Å²) in [5.74, 6) is -0.804. The Labute approximate surface area is 158 Å². The van der Waals surface area contributed by atoms with Crippen LogP contribution in [0.4, 0.5) is 5.69 Å². The summed E-state index contributed by atoms with van der Waals surface area (Å²) in [5.41, 5.74) is 0.672. The highest BCUT2D eigenvalue weighted by Gasteiger charge is 2.35. The molecule has 0 atom stereocenters. The monoisotopic (exact) mass is 369 g/mol. The number of amides is 2. The van der Waals surface area contributed by atoms with Crippen LogP contribution < -0.4 is 10.6 Å². The van der Waals surface area contributed by atoms with Gasteiger partial charge in [0, 0.05) is 17.3 Å². The van der Waals surface area contributed by atoms with E-state index < -0.39 is 11.3 Å². The Kier molecular flexibility index (Phi) is 6.37. The molecule has 2 N–H and O–H groups in total. The Hall–Kier alpha value is -2.84. The van der Waals surface area contributed by atoms with E-state index in [0.29, 0.717) is 29.2 Å². The standard InChI is InChI=1S/C20H20ClN3O2/c1-20(2,19(26)24-17-8-4-6-15(12-17)13-22)18(25)23-10-9-14-5-3-7-16(21)11-14/h3-8,11-12H,9-10H2,1-2H3,(H,23,25)(H,24,26). The maximum atomic E-state index is 12.5. The minimum atomic E-state index is -1.25. The number of benzene rings is 2. The summed E-state index contributed by atoms with van der Waals surface area (Å²) in [6, 6.07) is 16.0. The van der Waals surface area contributed by atoms with E-state index in [-0.39, 0.29) is 5.91 Å². The summed E-state index contributed by atoms with van der Waals surface area (Å²) in [6.45, 7) is 3.52. The SMILES string of the molecule is CC(C)(C(=O)NCCc1cccc(Cl)c1)C(=O)Nc1cccc(C#N)c1. The van der Waals surface area contributed by atoms with Crippen molar-refractivity contribution in [3.8, 4) is 6.07 Å². The van der Waals surface area contributed by atoms with Crippen molar-refractivity contribution in [2.75, 3.05) is 11.9 Å². The van der Waals surface area contributed by atoms with Crippen LogP contribution >= 0.6 is 11.6 Å². The van der Waals surface area contributed by atoms with Gasteiger partial charge in [-0.05, 0) is 56.2 Å². The Balaban J connectivity index is 1.93. The number of carbonyl (C=O) groups excluding carboxylic acids is 2. The smallest absolute Gasteiger partial charge is 0.239 e. The van der Waals surface area contributed by atoms with Gasteiger partial charge in [-0.25, -0.2) is 0 Å². The second-order valence-corrected chi connectivity index (χ2v) is 6.84. The average molecular weight is 370 g/mol. The highest BCUT2D eigenvalue weighted by Crippen LogP contribution is 2.20. The number of anilines is 1. The quantitative estimate of drug-likeness (QED) is 0.764. The van der Waals surface area contributed by atoms with Crippen molar-refractivity contribution in [2.45, 2.75) is 20.3 Å². The first-order valence-electron chi connectivity index (χ1n) is 8.17. The molecule has 0 bridgehead atoms. The molecule has 2 aromatic rings. The van der Waals surface area contributed by atoms with E-state index in [1.807, 2.05) is 24.3 Å². The molecular formula is C20H20ClN3O2. The van der Waals surface area contributed by atoms with Crippen molar-refractivity contribution in [1.82, 2.24) is 5.32 Å². The number of rotatable bonds is 6. The van der Waals surface area contributed by atoms with Gasteiger partial charge in [-0.3, -0.25) is 9.59 Å². The van der Waals surface area contributed by atoms with Gasteiger partial charge in [0.15, 0.2) is 0 Å². The van der Waals surface area contributed by atoms with Crippen LogP contribution in [0, 0.1) is 16.7 Å². The highest BCUT2D eigenvalue weighted by molar-refractivity contribution is 6.30. The number of hydrogen-bond acceptors (Lipinski definition) is 3. The predicted molar refractivity (Wildman–Crippen MR) is 102 cm³/mol. The first-order valence-corrected chi connectivity index (χ1v) is 8.55. The molecule has 2 amide bonds. The fourth-order valence-electron chi connectivity index (χ4n) is 2.29. The first kappa shape index (κ1) is 19.5. The molecule has 2 rings (SSSR count). The number of nitrogens with zero attached hydrogens (tertiary/aromatic N) is 1. The largest absolute Gasteiger partial charge is 0.355 e. The van der Waals surface area contributed by atoms with Crippen molar-refractivity contribution in [3.05, 3.63) is 64.7 Å². The zero-order valence-corrected chi connectivity index (χ0v) is 15.4. The van der Waals surface area contributed by atoms with E-state index in [4.69, 9.17) is 16.9 Å². The van der Waals surface area contributed by atoms with Gasteiger partial charge < -0.3 is 10.6 Å². The molecular weight excluding hydrogens is 350 g/mol. The second-order valence-electron chi connectivity index (χ2n) is 6.41. The van der Waals surface area contributed by atoms with Crippen LogP contribution in [0.5, 0.6) is 0 Å². The summed E-state index contributed by atoms with van der Waals surface area (Å²) in [4.78, 5) is 24.9. The number of nitrogens with one attached hydrogen (secondary N) is 2. The minimum absolute atomic E-state index is 0.367. The maximum Gasteiger partial charge on any atom is 0.239 e. The van der Waals surface area contributed by atoms with Crippen LogP contribution in [-0.2, 0) is 16.0 Å². The van der Waals surface area contributed by atoms with Gasteiger partial charge in [0.1, 0.15) is 5.41 Å². The molecule has 0 saturated carbocycles. The lowest BCUT2D eigenvalue weighted by atomic mass is 9.90. The Bertz CT molecular complexity index is 856. The maximum absolute atomic E-state index is 12.5. The molecule has 0 aliphatic heterocycles. The Morgan fingerprint density at radius 1 is 1.12 bits per heavy atom. The van der Waals surface area contributed by atoms with Crippen LogP contribution in [0.15, 0.2) is 48.5 Å². The molecule has 134 valence electrons. The van der Waals surface area contributed by atoms with Gasteiger partial charge in [0.05, 0.1) is 11.6 Å². The van der Waals surface area contributed by atoms with E-state index >= 15 is 0 Å². The Morgan fingerprint density at radius 2 is 1.85 bits per heavy atom. The molecule has 6 heteroatoms. The first-order chi connectivity index (χ1) is 12.3. The zero-order valence-electron chi connectivity index (χ0n) is 14.7. The lowest BCUT2D eigenvalue weighted by Crippen LogP contribution is -2.45. The molecule has 0 spiro atoms. The fraction of sp³-hybridized carbons (Fsp3) is 0.250. The van der Waals surface area contributed by atoms with Crippen LogP contribution in [0.2, 0.25) is 5.02 Å². The molecule has 5 nitrogen and oxygen atoms in total. The van der Waals surface area contributed by atoms with Gasteiger partial charge in [0.2, 0.25) is 11.8 Å². The summed E-state index contributed by atoms with van der Waals surface area (Å²) >= 11 is 5.94. The number of nitriles is 1. The molecule has 0 aromatic heterocycles. The van der Waals surface area contributed by atoms with E-state index in [0.717, 1.165) is 5.56 Å². The number of halogens is 1. The van der Waals surface area contributed by atoms with Crippen molar-refractivity contribution < 1.29 is 9.59 Å². The predicted octanol–water partition coefficient (Wildman–Crippen LogP) is 3.54. The van der Waals surface area contributed by atoms with Crippen LogP contribution in [0.25, 0.3) is 0 Å². The minimum Gasteiger partial charge on any atom is -0.355 e. The topological polar surface area (TPSA) is 82.0 Å². The second kappa shape index (κ2) is 8.50. The van der Waals surface area contributed by atoms with E-state index in [1.54, 1.807) is 44.2 Å². The highest BCUT2D eigenvalue weighted by atomic mass is 35.5. The van der Waals surface area contributed by atoms with Gasteiger partial charge in [0.25, 0.3) is 0 Å². The molecule has 0 aliphatic rings. The van der Waals surface area contributed by atoms with E-state index in [1.165, 1.54) is 0 Å². The third-order valence-corrected chi connectivity index (χ3v) is 4.21. The number of carbonyl (C=O) groups is 2. The van der Waals surface area contributed by atoms with E-state index in [2.05, 4.69) is 10.6 Å². The molecule has 0 radical (unpaired) electrons. The average Bonchev–Trinajstić information content (AvgIpc) is 2.61. The number of hydrogen-bond donors (Lipinski definition) is 2. The summed E-state index contributed by atoms with van der Waals surface area (Å²) in [7, 11) is 0. The van der Waals surface area contributed by atoms with Gasteiger partial charge >= 0.3 is 0 Å². The molecule has 0 unspecified atom stereocenters. The summed E-state index contributed by atoms with van der Waals surface area (Å²) in [6.07, 6.45) is 0.619. The van der Waals surface area contributed by atoms with Gasteiger partial charge in [-0.15, -0.1) is 0 Å². The van der Waals surface area contributed by atoms with Crippen molar-refractivity contribution >= 4 is 29.1 Å². The van der Waals surface area contributed by atoms with Crippen LogP contribution in [0.3, 0.4) is 0 Å². The normalized spacial score (nSPS) is 10.7. The third kappa shape index (κ3) is 5.08. The molecule has 0 saturated heterocycles. The van der Waals surface area contributed by atoms with Crippen molar-refractivity contribution in [3.63, 3.8) is 0 Å². The summed E-state index contributed by atoms with van der Waals surface area (Å²) < 4.78 is 0.